The molecule has 0 radical (unpaired) electrons. The number of aliphatic hydroxyl groups is 2. The van der Waals surface area contributed by atoms with Gasteiger partial charge in [-0.1, -0.05) is 31.9 Å². The lowest BCUT2D eigenvalue weighted by atomic mass is 9.46. The molecule has 0 aliphatic heterocycles. The average molecular weight is 772 g/mol. The van der Waals surface area contributed by atoms with Gasteiger partial charge in [0.1, 0.15) is 12.2 Å². The molecule has 3 saturated carbocycles. The molecule has 4 rings (SSSR count). The molecule has 19 heteroatoms. The van der Waals surface area contributed by atoms with Crippen LogP contribution in [0.1, 0.15) is 84.5 Å². The number of hydrogen-bond donors (Lipinski definition) is 7. The Morgan fingerprint density at radius 2 is 1.59 bits per heavy atom. The highest BCUT2D eigenvalue weighted by atomic mass is 17.1. The van der Waals surface area contributed by atoms with Crippen molar-refractivity contribution in [2.24, 2.45) is 28.6 Å². The molecule has 7 N–H and O–H groups in total. The van der Waals surface area contributed by atoms with Crippen molar-refractivity contribution >= 4 is 29.6 Å². The SMILES string of the molecule is C[C@]12C=CC(=O)C=C1CC[C@@H]1[C@@H]2[C@@H](O)C[C@@]2(C)[C@H]1CC[C@]2(O)C(=O)COC(=O)OCC(NC(=O)CCCCCON(O)O)C(=O)OCCCCON(O)O. The Hall–Kier alpha value is -3.37. The molecule has 8 atom stereocenters. The molecule has 4 aliphatic carbocycles. The van der Waals surface area contributed by atoms with Gasteiger partial charge in [-0.25, -0.2) is 9.59 Å². The number of hydrogen-bond acceptors (Lipinski definition) is 18. The lowest BCUT2D eigenvalue weighted by molar-refractivity contribution is -0.492. The zero-order valence-electron chi connectivity index (χ0n) is 30.6. The topological polar surface area (TPSA) is 271 Å². The van der Waals surface area contributed by atoms with Crippen LogP contribution >= 0.6 is 0 Å². The number of fused-ring (bicyclic) bond motifs is 5. The van der Waals surface area contributed by atoms with E-state index in [-0.39, 0.29) is 75.5 Å². The molecular weight excluding hydrogens is 718 g/mol. The summed E-state index contributed by atoms with van der Waals surface area (Å²) < 4.78 is 15.3. The monoisotopic (exact) mass is 771 g/mol. The van der Waals surface area contributed by atoms with E-state index >= 15 is 0 Å². The van der Waals surface area contributed by atoms with Crippen LogP contribution in [0.4, 0.5) is 4.79 Å². The predicted molar refractivity (Wildman–Crippen MR) is 179 cm³/mol. The minimum Gasteiger partial charge on any atom is -0.464 e. The Kier molecular flexibility index (Phi) is 15.2. The summed E-state index contributed by atoms with van der Waals surface area (Å²) in [6.07, 6.45) is 6.67. The fraction of sp³-hybridized carbons (Fsp3) is 0.743. The van der Waals surface area contributed by atoms with Crippen LogP contribution in [-0.2, 0) is 43.1 Å². The number of nitrogens with zero attached hydrogens (tertiary/aromatic N) is 2. The number of aliphatic hydroxyl groups excluding tert-OH is 1. The maximum Gasteiger partial charge on any atom is 0.508 e. The Bertz CT molecular complexity index is 1420. The van der Waals surface area contributed by atoms with E-state index in [1.54, 1.807) is 13.0 Å². The largest absolute Gasteiger partial charge is 0.508 e. The smallest absolute Gasteiger partial charge is 0.464 e. The first-order valence-corrected chi connectivity index (χ1v) is 18.3. The molecule has 0 spiro atoms. The molecule has 4 aliphatic rings. The molecule has 0 saturated heterocycles. The summed E-state index contributed by atoms with van der Waals surface area (Å²) in [5.41, 5.74) is -2.46. The third kappa shape index (κ3) is 10.3. The van der Waals surface area contributed by atoms with E-state index in [0.29, 0.717) is 38.5 Å². The van der Waals surface area contributed by atoms with E-state index in [0.717, 1.165) is 5.57 Å². The molecule has 1 unspecified atom stereocenters. The van der Waals surface area contributed by atoms with Gasteiger partial charge in [0.15, 0.2) is 18.4 Å². The Morgan fingerprint density at radius 1 is 0.926 bits per heavy atom. The summed E-state index contributed by atoms with van der Waals surface area (Å²) in [7, 11) is 0. The minimum absolute atomic E-state index is 0.0121. The lowest BCUT2D eigenvalue weighted by Crippen LogP contribution is -2.61. The van der Waals surface area contributed by atoms with Crippen molar-refractivity contribution in [1.29, 1.82) is 0 Å². The molecule has 0 aromatic heterocycles. The molecule has 304 valence electrons. The minimum atomic E-state index is -1.90. The van der Waals surface area contributed by atoms with Gasteiger partial charge in [-0.15, -0.1) is 0 Å². The number of carbonyl (C=O) groups excluding carboxylic acids is 5. The van der Waals surface area contributed by atoms with Crippen LogP contribution < -0.4 is 5.32 Å². The summed E-state index contributed by atoms with van der Waals surface area (Å²) in [5, 5.41) is 59.3. The maximum atomic E-state index is 13.6. The van der Waals surface area contributed by atoms with E-state index in [2.05, 4.69) is 15.0 Å². The molecule has 0 heterocycles. The molecule has 54 heavy (non-hydrogen) atoms. The second-order valence-corrected chi connectivity index (χ2v) is 14.9. The highest BCUT2D eigenvalue weighted by Gasteiger charge is 2.68. The van der Waals surface area contributed by atoms with Gasteiger partial charge >= 0.3 is 12.1 Å². The molecular formula is C35H53N3O16. The van der Waals surface area contributed by atoms with Crippen LogP contribution in [0.5, 0.6) is 0 Å². The summed E-state index contributed by atoms with van der Waals surface area (Å²) in [5.74, 6) is -2.69. The molecule has 19 nitrogen and oxygen atoms in total. The molecule has 0 bridgehead atoms. The molecule has 1 amide bonds. The summed E-state index contributed by atoms with van der Waals surface area (Å²) in [4.78, 5) is 72.6. The number of ketones is 2. The van der Waals surface area contributed by atoms with Gasteiger partial charge < -0.3 is 29.7 Å². The number of nitrogens with one attached hydrogen (secondary N) is 1. The number of carbonyl (C=O) groups is 5. The zero-order chi connectivity index (χ0) is 39.7. The van der Waals surface area contributed by atoms with Crippen molar-refractivity contribution in [1.82, 2.24) is 16.1 Å². The quantitative estimate of drug-likeness (QED) is 0.0530. The number of Topliss-reactive ketones (excluding diaryl/α,β-unsaturated/α-hetero) is 1. The zero-order valence-corrected chi connectivity index (χ0v) is 30.6. The van der Waals surface area contributed by atoms with Gasteiger partial charge in [0, 0.05) is 23.2 Å². The van der Waals surface area contributed by atoms with Gasteiger partial charge in [0.2, 0.25) is 11.7 Å². The molecule has 0 aromatic carbocycles. The van der Waals surface area contributed by atoms with Crippen LogP contribution in [0.3, 0.4) is 0 Å². The van der Waals surface area contributed by atoms with Crippen molar-refractivity contribution in [2.45, 2.75) is 102 Å². The first kappa shape index (κ1) is 43.4. The van der Waals surface area contributed by atoms with Crippen molar-refractivity contribution in [3.63, 3.8) is 0 Å². The lowest BCUT2D eigenvalue weighted by Gasteiger charge is -2.59. The third-order valence-corrected chi connectivity index (χ3v) is 11.7. The Morgan fingerprint density at radius 3 is 2.28 bits per heavy atom. The maximum absolute atomic E-state index is 13.6. The second-order valence-electron chi connectivity index (χ2n) is 14.9. The number of unbranched alkanes of at least 4 members (excludes halogenated alkanes) is 3. The van der Waals surface area contributed by atoms with Crippen molar-refractivity contribution in [2.75, 3.05) is 33.0 Å². The van der Waals surface area contributed by atoms with Gasteiger partial charge in [-0.05, 0) is 81.8 Å². The van der Waals surface area contributed by atoms with E-state index in [1.807, 2.05) is 13.0 Å². The molecule has 3 fully saturated rings. The van der Waals surface area contributed by atoms with E-state index in [4.69, 9.17) is 35.0 Å². The normalized spacial score (nSPS) is 30.6. The summed E-state index contributed by atoms with van der Waals surface area (Å²) in [6.45, 7) is 2.02. The van der Waals surface area contributed by atoms with E-state index < -0.39 is 76.4 Å². The fourth-order valence-corrected chi connectivity index (χ4v) is 8.99. The highest BCUT2D eigenvalue weighted by molar-refractivity contribution is 6.01. The van der Waals surface area contributed by atoms with E-state index in [1.165, 1.54) is 6.08 Å². The second kappa shape index (κ2) is 19.0. The number of ether oxygens (including phenoxy) is 3. The van der Waals surface area contributed by atoms with E-state index in [9.17, 15) is 34.2 Å². The number of rotatable bonds is 20. The Labute approximate surface area is 312 Å². The first-order valence-electron chi connectivity index (χ1n) is 18.3. The predicted octanol–water partition coefficient (Wildman–Crippen LogP) is 2.11. The molecule has 0 aromatic rings. The number of allylic oxidation sites excluding steroid dienone is 4. The highest BCUT2D eigenvalue weighted by Crippen LogP contribution is 2.67. The van der Waals surface area contributed by atoms with Crippen molar-refractivity contribution < 1.29 is 78.9 Å². The first-order chi connectivity index (χ1) is 25.5. The fourth-order valence-electron chi connectivity index (χ4n) is 8.99. The van der Waals surface area contributed by atoms with Gasteiger partial charge in [0.05, 0.1) is 36.7 Å². The van der Waals surface area contributed by atoms with Crippen LogP contribution in [-0.4, -0.2) is 122 Å². The number of amides is 1. The van der Waals surface area contributed by atoms with Gasteiger partial charge in [-0.2, -0.15) is 0 Å². The van der Waals surface area contributed by atoms with Crippen molar-refractivity contribution in [3.8, 4) is 0 Å². The van der Waals surface area contributed by atoms with Crippen LogP contribution in [0, 0.1) is 28.6 Å². The van der Waals surface area contributed by atoms with Crippen molar-refractivity contribution in [3.05, 3.63) is 23.8 Å². The van der Waals surface area contributed by atoms with Gasteiger partial charge in [-0.3, -0.25) is 44.9 Å². The third-order valence-electron chi connectivity index (χ3n) is 11.7. The van der Waals surface area contributed by atoms with Crippen LogP contribution in [0.2, 0.25) is 0 Å². The van der Waals surface area contributed by atoms with Crippen LogP contribution in [0.25, 0.3) is 0 Å². The Balaban J connectivity index is 1.31. The summed E-state index contributed by atoms with van der Waals surface area (Å²) >= 11 is 0. The summed E-state index contributed by atoms with van der Waals surface area (Å²) in [6, 6.07) is -1.46. The standard InChI is InChI=1S/C35H53N3O16/c1-33-13-11-23(39)18-22(33)9-10-24-25-12-14-35(45,34(25,2)19-27(40)30(24)33)28(41)21-52-32(44)51-20-26(31(43)50-15-6-7-17-54-38(48)49)36-29(42)8-4-3-5-16-53-37(46)47/h11,13,18,24-27,30,40,45-49H,3-10,12,14-17,19-21H2,1-2H3,(H,36,42)/t24-,25-,26?,27-,30+,33-,34-,35-/m0/s1. The number of esters is 1. The van der Waals surface area contributed by atoms with Crippen LogP contribution in [0.15, 0.2) is 23.8 Å². The van der Waals surface area contributed by atoms with Gasteiger partial charge in [0.25, 0.3) is 0 Å². The average Bonchev–Trinajstić information content (AvgIpc) is 3.38.